The standard InChI is InChI=1S/C25H28FNO3/c26-22-8-5-19(6-9-22)25(29)20-11-13-27(14-12-20)16-23(28)17-30-24-10-7-18-3-1-2-4-21(18)15-24/h1-10,15,20,23,25,28-29H,11-14,16-17H2. The van der Waals surface area contributed by atoms with Crippen LogP contribution in [0.4, 0.5) is 4.39 Å². The molecule has 1 aliphatic rings. The molecule has 1 fully saturated rings. The minimum atomic E-state index is -0.575. The Balaban J connectivity index is 1.22. The highest BCUT2D eigenvalue weighted by atomic mass is 19.1. The molecule has 1 saturated heterocycles. The largest absolute Gasteiger partial charge is 0.491 e. The predicted molar refractivity (Wildman–Crippen MR) is 116 cm³/mol. The van der Waals surface area contributed by atoms with E-state index in [2.05, 4.69) is 11.0 Å². The zero-order valence-corrected chi connectivity index (χ0v) is 17.0. The van der Waals surface area contributed by atoms with Gasteiger partial charge in [0, 0.05) is 6.54 Å². The van der Waals surface area contributed by atoms with Crippen molar-refractivity contribution in [3.63, 3.8) is 0 Å². The zero-order chi connectivity index (χ0) is 20.9. The third-order valence-corrected chi connectivity index (χ3v) is 5.92. The van der Waals surface area contributed by atoms with Crippen molar-refractivity contribution in [1.82, 2.24) is 4.90 Å². The van der Waals surface area contributed by atoms with Crippen LogP contribution in [0.3, 0.4) is 0 Å². The Morgan fingerprint density at radius 3 is 2.37 bits per heavy atom. The Labute approximate surface area is 176 Å². The number of halogens is 1. The number of β-amino-alcohol motifs (C(OH)–C–C–N with tert-alkyl or cyclic N) is 1. The number of benzene rings is 3. The van der Waals surface area contributed by atoms with E-state index in [1.165, 1.54) is 12.1 Å². The molecule has 3 aromatic rings. The van der Waals surface area contributed by atoms with Crippen molar-refractivity contribution in [2.45, 2.75) is 25.0 Å². The number of fused-ring (bicyclic) bond motifs is 1. The van der Waals surface area contributed by atoms with Gasteiger partial charge in [-0.15, -0.1) is 0 Å². The number of piperidine rings is 1. The van der Waals surface area contributed by atoms with Crippen LogP contribution < -0.4 is 4.74 Å². The summed E-state index contributed by atoms with van der Waals surface area (Å²) in [6, 6.07) is 20.1. The number of ether oxygens (including phenoxy) is 1. The topological polar surface area (TPSA) is 52.9 Å². The van der Waals surface area contributed by atoms with Gasteiger partial charge in [0.15, 0.2) is 0 Å². The molecule has 2 N–H and O–H groups in total. The highest BCUT2D eigenvalue weighted by Gasteiger charge is 2.27. The van der Waals surface area contributed by atoms with Crippen molar-refractivity contribution in [2.24, 2.45) is 5.92 Å². The summed E-state index contributed by atoms with van der Waals surface area (Å²) in [5.41, 5.74) is 0.763. The van der Waals surface area contributed by atoms with E-state index >= 15 is 0 Å². The highest BCUT2D eigenvalue weighted by Crippen LogP contribution is 2.31. The molecule has 1 heterocycles. The maximum atomic E-state index is 13.1. The minimum absolute atomic E-state index is 0.151. The molecular weight excluding hydrogens is 381 g/mol. The van der Waals surface area contributed by atoms with E-state index in [4.69, 9.17) is 4.74 Å². The average molecular weight is 410 g/mol. The first-order chi connectivity index (χ1) is 14.6. The zero-order valence-electron chi connectivity index (χ0n) is 17.0. The third kappa shape index (κ3) is 5.17. The van der Waals surface area contributed by atoms with Gasteiger partial charge in [0.1, 0.15) is 24.3 Å². The molecule has 0 radical (unpaired) electrons. The van der Waals surface area contributed by atoms with Crippen LogP contribution in [0.15, 0.2) is 66.7 Å². The van der Waals surface area contributed by atoms with Crippen LogP contribution in [0.5, 0.6) is 5.75 Å². The second-order valence-corrected chi connectivity index (χ2v) is 8.11. The molecule has 4 rings (SSSR count). The van der Waals surface area contributed by atoms with E-state index in [1.54, 1.807) is 12.1 Å². The quantitative estimate of drug-likeness (QED) is 0.615. The third-order valence-electron chi connectivity index (χ3n) is 5.92. The predicted octanol–water partition coefficient (Wildman–Crippen LogP) is 4.16. The van der Waals surface area contributed by atoms with E-state index in [1.807, 2.05) is 36.4 Å². The first kappa shape index (κ1) is 20.8. The van der Waals surface area contributed by atoms with Gasteiger partial charge in [-0.05, 0) is 72.5 Å². The molecule has 0 bridgehead atoms. The Morgan fingerprint density at radius 2 is 1.63 bits per heavy atom. The highest BCUT2D eigenvalue weighted by molar-refractivity contribution is 5.83. The molecule has 2 unspecified atom stereocenters. The van der Waals surface area contributed by atoms with Gasteiger partial charge in [-0.25, -0.2) is 4.39 Å². The smallest absolute Gasteiger partial charge is 0.123 e. The van der Waals surface area contributed by atoms with E-state index in [0.29, 0.717) is 6.54 Å². The lowest BCUT2D eigenvalue weighted by Crippen LogP contribution is -2.41. The fraction of sp³-hybridized carbons (Fsp3) is 0.360. The maximum absolute atomic E-state index is 13.1. The Morgan fingerprint density at radius 1 is 0.933 bits per heavy atom. The van der Waals surface area contributed by atoms with Crippen molar-refractivity contribution in [3.05, 3.63) is 78.1 Å². The number of hydrogen-bond donors (Lipinski definition) is 2. The van der Waals surface area contributed by atoms with E-state index in [9.17, 15) is 14.6 Å². The lowest BCUT2D eigenvalue weighted by Gasteiger charge is -2.35. The molecule has 0 amide bonds. The summed E-state index contributed by atoms with van der Waals surface area (Å²) in [4.78, 5) is 2.21. The number of rotatable bonds is 7. The Bertz CT molecular complexity index is 954. The summed E-state index contributed by atoms with van der Waals surface area (Å²) >= 11 is 0. The normalized spacial score (nSPS) is 17.7. The van der Waals surface area contributed by atoms with Gasteiger partial charge in [0.2, 0.25) is 0 Å². The second-order valence-electron chi connectivity index (χ2n) is 8.11. The molecule has 0 aromatic heterocycles. The summed E-state index contributed by atoms with van der Waals surface area (Å²) in [5, 5.41) is 23.3. The van der Waals surface area contributed by atoms with E-state index < -0.39 is 12.2 Å². The molecule has 0 saturated carbocycles. The van der Waals surface area contributed by atoms with Crippen molar-refractivity contribution < 1.29 is 19.3 Å². The number of aliphatic hydroxyl groups excluding tert-OH is 2. The molecule has 0 spiro atoms. The van der Waals surface area contributed by atoms with Crippen LogP contribution in [0.1, 0.15) is 24.5 Å². The first-order valence-electron chi connectivity index (χ1n) is 10.5. The van der Waals surface area contributed by atoms with Gasteiger partial charge in [-0.3, -0.25) is 0 Å². The molecule has 4 nitrogen and oxygen atoms in total. The SMILES string of the molecule is OC(COc1ccc2ccccc2c1)CN1CCC(C(O)c2ccc(F)cc2)CC1. The van der Waals surface area contributed by atoms with Crippen molar-refractivity contribution in [3.8, 4) is 5.75 Å². The molecule has 5 heteroatoms. The summed E-state index contributed by atoms with van der Waals surface area (Å²) in [6.07, 6.45) is 0.539. The van der Waals surface area contributed by atoms with Crippen LogP contribution >= 0.6 is 0 Å². The molecule has 158 valence electrons. The monoisotopic (exact) mass is 409 g/mol. The van der Waals surface area contributed by atoms with Gasteiger partial charge in [0.25, 0.3) is 0 Å². The number of aliphatic hydroxyl groups is 2. The Kier molecular flexibility index (Phi) is 6.62. The van der Waals surface area contributed by atoms with Crippen molar-refractivity contribution in [2.75, 3.05) is 26.2 Å². The molecular formula is C25H28FNO3. The lowest BCUT2D eigenvalue weighted by atomic mass is 9.87. The molecule has 2 atom stereocenters. The summed E-state index contributed by atoms with van der Waals surface area (Å²) in [6.45, 7) is 2.43. The molecule has 0 aliphatic carbocycles. The van der Waals surface area contributed by atoms with Crippen molar-refractivity contribution >= 4 is 10.8 Å². The van der Waals surface area contributed by atoms with Gasteiger partial charge < -0.3 is 19.8 Å². The average Bonchev–Trinajstić information content (AvgIpc) is 2.78. The Hall–Kier alpha value is -2.47. The van der Waals surface area contributed by atoms with Crippen LogP contribution in [-0.4, -0.2) is 47.5 Å². The van der Waals surface area contributed by atoms with Crippen LogP contribution in [0, 0.1) is 11.7 Å². The van der Waals surface area contributed by atoms with Gasteiger partial charge in [0.05, 0.1) is 6.10 Å². The second kappa shape index (κ2) is 9.56. The van der Waals surface area contributed by atoms with E-state index in [0.717, 1.165) is 48.0 Å². The van der Waals surface area contributed by atoms with Gasteiger partial charge >= 0.3 is 0 Å². The molecule has 1 aliphatic heterocycles. The fourth-order valence-electron chi connectivity index (χ4n) is 4.18. The summed E-state index contributed by atoms with van der Waals surface area (Å²) in [7, 11) is 0. The number of likely N-dealkylation sites (tertiary alicyclic amines) is 1. The molecule has 3 aromatic carbocycles. The first-order valence-corrected chi connectivity index (χ1v) is 10.5. The van der Waals surface area contributed by atoms with E-state index in [-0.39, 0.29) is 18.3 Å². The van der Waals surface area contributed by atoms with Crippen LogP contribution in [-0.2, 0) is 0 Å². The number of hydrogen-bond acceptors (Lipinski definition) is 4. The molecule has 30 heavy (non-hydrogen) atoms. The number of nitrogens with zero attached hydrogens (tertiary/aromatic N) is 1. The van der Waals surface area contributed by atoms with Crippen LogP contribution in [0.2, 0.25) is 0 Å². The fourth-order valence-corrected chi connectivity index (χ4v) is 4.18. The maximum Gasteiger partial charge on any atom is 0.123 e. The summed E-state index contributed by atoms with van der Waals surface area (Å²) < 4.78 is 18.9. The van der Waals surface area contributed by atoms with Gasteiger partial charge in [-0.2, -0.15) is 0 Å². The minimum Gasteiger partial charge on any atom is -0.491 e. The summed E-state index contributed by atoms with van der Waals surface area (Å²) in [5.74, 6) is 0.618. The van der Waals surface area contributed by atoms with Crippen molar-refractivity contribution in [1.29, 1.82) is 0 Å². The van der Waals surface area contributed by atoms with Gasteiger partial charge in [-0.1, -0.05) is 42.5 Å². The van der Waals surface area contributed by atoms with Crippen LogP contribution in [0.25, 0.3) is 10.8 Å². The lowest BCUT2D eigenvalue weighted by molar-refractivity contribution is 0.0278.